The lowest BCUT2D eigenvalue weighted by molar-refractivity contribution is -0.149. The summed E-state index contributed by atoms with van der Waals surface area (Å²) in [6.07, 6.45) is 3.44. The fourth-order valence-electron chi connectivity index (χ4n) is 2.31. The van der Waals surface area contributed by atoms with Crippen molar-refractivity contribution < 1.29 is 19.2 Å². The first kappa shape index (κ1) is 19.8. The number of imide groups is 1. The van der Waals surface area contributed by atoms with Crippen molar-refractivity contribution in [1.82, 2.24) is 10.5 Å². The van der Waals surface area contributed by atoms with Gasteiger partial charge in [0.1, 0.15) is 0 Å². The average molecular weight is 335 g/mol. The zero-order valence-corrected chi connectivity index (χ0v) is 13.9. The summed E-state index contributed by atoms with van der Waals surface area (Å²) in [5.74, 6) is 4.24. The van der Waals surface area contributed by atoms with Gasteiger partial charge in [0, 0.05) is 6.54 Å². The first-order valence-electron chi connectivity index (χ1n) is 8.07. The van der Waals surface area contributed by atoms with Gasteiger partial charge in [-0.05, 0) is 12.0 Å². The van der Waals surface area contributed by atoms with Crippen LogP contribution in [0.2, 0.25) is 0 Å². The normalized spacial score (nSPS) is 11.6. The third-order valence-corrected chi connectivity index (χ3v) is 3.67. The molecule has 1 aromatic carbocycles. The zero-order chi connectivity index (χ0) is 17.8. The van der Waals surface area contributed by atoms with Gasteiger partial charge in [0.05, 0.1) is 12.3 Å². The van der Waals surface area contributed by atoms with Gasteiger partial charge in [-0.15, -0.1) is 0 Å². The Balaban J connectivity index is 2.63. The molecule has 0 saturated heterocycles. The minimum atomic E-state index is -0.527. The lowest BCUT2D eigenvalue weighted by Gasteiger charge is -2.22. The van der Waals surface area contributed by atoms with Crippen molar-refractivity contribution in [3.8, 4) is 0 Å². The first-order chi connectivity index (χ1) is 11.6. The van der Waals surface area contributed by atoms with Crippen LogP contribution >= 0.6 is 0 Å². The molecule has 0 spiro atoms. The fourth-order valence-corrected chi connectivity index (χ4v) is 2.31. The molecule has 1 atom stereocenters. The highest BCUT2D eigenvalue weighted by atomic mass is 16.7. The summed E-state index contributed by atoms with van der Waals surface area (Å²) in [4.78, 5) is 39.3. The number of amides is 2. The molecular formula is C17H25N3O4. The molecule has 0 aromatic heterocycles. The SMILES string of the molecule is CCCCC[C@H](CNOC=O)C(=O)N(N)C(=O)Cc1ccccc1. The highest BCUT2D eigenvalue weighted by Gasteiger charge is 2.26. The maximum Gasteiger partial charge on any atom is 0.312 e. The van der Waals surface area contributed by atoms with Crippen LogP contribution in [-0.2, 0) is 25.6 Å². The molecule has 0 saturated carbocycles. The maximum absolute atomic E-state index is 12.5. The number of hydrogen-bond acceptors (Lipinski definition) is 6. The molecule has 7 heteroatoms. The van der Waals surface area contributed by atoms with E-state index < -0.39 is 17.7 Å². The number of hydrazine groups is 1. The summed E-state index contributed by atoms with van der Waals surface area (Å²) in [5.41, 5.74) is 3.19. The molecule has 24 heavy (non-hydrogen) atoms. The van der Waals surface area contributed by atoms with Crippen LogP contribution in [0.15, 0.2) is 30.3 Å². The van der Waals surface area contributed by atoms with E-state index in [2.05, 4.69) is 17.2 Å². The standard InChI is InChI=1S/C17H25N3O4/c1-2-3-5-10-15(12-19-24-13-21)17(23)20(18)16(22)11-14-8-6-4-7-9-14/h4,6-9,13,15,19H,2-3,5,10-12,18H2,1H3/t15-/m1/s1. The van der Waals surface area contributed by atoms with Crippen molar-refractivity contribution in [3.05, 3.63) is 35.9 Å². The molecule has 0 unspecified atom stereocenters. The largest absolute Gasteiger partial charge is 0.374 e. The van der Waals surface area contributed by atoms with E-state index >= 15 is 0 Å². The smallest absolute Gasteiger partial charge is 0.312 e. The Hall–Kier alpha value is -2.25. The molecule has 132 valence electrons. The van der Waals surface area contributed by atoms with E-state index in [0.29, 0.717) is 11.4 Å². The van der Waals surface area contributed by atoms with Crippen molar-refractivity contribution in [1.29, 1.82) is 0 Å². The highest BCUT2D eigenvalue weighted by molar-refractivity contribution is 5.96. The maximum atomic E-state index is 12.5. The minimum Gasteiger partial charge on any atom is -0.374 e. The van der Waals surface area contributed by atoms with Gasteiger partial charge in [0.15, 0.2) is 0 Å². The van der Waals surface area contributed by atoms with E-state index in [0.717, 1.165) is 24.8 Å². The van der Waals surface area contributed by atoms with Crippen molar-refractivity contribution >= 4 is 18.3 Å². The van der Waals surface area contributed by atoms with Gasteiger partial charge in [-0.1, -0.05) is 56.5 Å². The van der Waals surface area contributed by atoms with Crippen molar-refractivity contribution in [2.45, 2.75) is 39.0 Å². The number of nitrogens with two attached hydrogens (primary N) is 1. The van der Waals surface area contributed by atoms with Crippen molar-refractivity contribution in [3.63, 3.8) is 0 Å². The number of benzene rings is 1. The fraction of sp³-hybridized carbons (Fsp3) is 0.471. The lowest BCUT2D eigenvalue weighted by Crippen LogP contribution is -2.48. The molecule has 2 amide bonds. The Morgan fingerprint density at radius 3 is 2.62 bits per heavy atom. The summed E-state index contributed by atoms with van der Waals surface area (Å²) in [6.45, 7) is 2.42. The Morgan fingerprint density at radius 1 is 1.29 bits per heavy atom. The third-order valence-electron chi connectivity index (χ3n) is 3.67. The molecule has 0 radical (unpaired) electrons. The Morgan fingerprint density at radius 2 is 2.00 bits per heavy atom. The van der Waals surface area contributed by atoms with Gasteiger partial charge < -0.3 is 4.84 Å². The van der Waals surface area contributed by atoms with E-state index in [-0.39, 0.29) is 19.4 Å². The second-order valence-electron chi connectivity index (χ2n) is 5.52. The molecule has 0 bridgehead atoms. The van der Waals surface area contributed by atoms with Gasteiger partial charge >= 0.3 is 6.47 Å². The van der Waals surface area contributed by atoms with Crippen molar-refractivity contribution in [2.75, 3.05) is 6.54 Å². The number of carbonyl (C=O) groups is 3. The highest BCUT2D eigenvalue weighted by Crippen LogP contribution is 2.13. The monoisotopic (exact) mass is 335 g/mol. The van der Waals surface area contributed by atoms with Crippen LogP contribution < -0.4 is 11.3 Å². The summed E-state index contributed by atoms with van der Waals surface area (Å²) in [7, 11) is 0. The van der Waals surface area contributed by atoms with Gasteiger partial charge in [-0.25, -0.2) is 10.9 Å². The lowest BCUT2D eigenvalue weighted by atomic mass is 10.00. The average Bonchev–Trinajstić information content (AvgIpc) is 2.60. The Kier molecular flexibility index (Phi) is 9.33. The summed E-state index contributed by atoms with van der Waals surface area (Å²) >= 11 is 0. The van der Waals surface area contributed by atoms with Crippen LogP contribution in [0.1, 0.15) is 38.2 Å². The molecule has 0 aliphatic rings. The van der Waals surface area contributed by atoms with Gasteiger partial charge in [-0.3, -0.25) is 14.4 Å². The molecular weight excluding hydrogens is 310 g/mol. The number of nitrogens with zero attached hydrogens (tertiary/aromatic N) is 1. The first-order valence-corrected chi connectivity index (χ1v) is 8.07. The number of carbonyl (C=O) groups excluding carboxylic acids is 3. The third kappa shape index (κ3) is 6.89. The molecule has 3 N–H and O–H groups in total. The van der Waals surface area contributed by atoms with E-state index in [1.54, 1.807) is 12.1 Å². The number of rotatable bonds is 11. The second-order valence-corrected chi connectivity index (χ2v) is 5.52. The van der Waals surface area contributed by atoms with Crippen LogP contribution in [0, 0.1) is 5.92 Å². The molecule has 7 nitrogen and oxygen atoms in total. The van der Waals surface area contributed by atoms with Crippen LogP contribution in [0.5, 0.6) is 0 Å². The predicted octanol–water partition coefficient (Wildman–Crippen LogP) is 1.33. The van der Waals surface area contributed by atoms with Gasteiger partial charge in [-0.2, -0.15) is 5.48 Å². The van der Waals surface area contributed by atoms with E-state index in [1.807, 2.05) is 18.2 Å². The summed E-state index contributed by atoms with van der Waals surface area (Å²) < 4.78 is 0. The molecule has 0 fully saturated rings. The topological polar surface area (TPSA) is 102 Å². The molecule has 1 rings (SSSR count). The Labute approximate surface area is 142 Å². The van der Waals surface area contributed by atoms with E-state index in [1.165, 1.54) is 0 Å². The van der Waals surface area contributed by atoms with Gasteiger partial charge in [0.25, 0.3) is 0 Å². The van der Waals surface area contributed by atoms with Crippen LogP contribution in [0.4, 0.5) is 0 Å². The predicted molar refractivity (Wildman–Crippen MR) is 89.0 cm³/mol. The minimum absolute atomic E-state index is 0.0586. The molecule has 0 heterocycles. The zero-order valence-electron chi connectivity index (χ0n) is 13.9. The summed E-state index contributed by atoms with van der Waals surface area (Å²) in [5, 5.41) is 0.673. The van der Waals surface area contributed by atoms with E-state index in [9.17, 15) is 14.4 Å². The van der Waals surface area contributed by atoms with Crippen LogP contribution in [-0.4, -0.2) is 29.8 Å². The molecule has 1 aromatic rings. The number of nitrogens with one attached hydrogen (secondary N) is 1. The number of unbranched alkanes of at least 4 members (excludes halogenated alkanes) is 2. The number of hydroxylamine groups is 1. The molecule has 0 aliphatic carbocycles. The number of hydrogen-bond donors (Lipinski definition) is 2. The van der Waals surface area contributed by atoms with Gasteiger partial charge in [0.2, 0.25) is 11.8 Å². The second kappa shape index (κ2) is 11.3. The van der Waals surface area contributed by atoms with E-state index in [4.69, 9.17) is 5.84 Å². The van der Waals surface area contributed by atoms with Crippen LogP contribution in [0.25, 0.3) is 0 Å². The molecule has 0 aliphatic heterocycles. The van der Waals surface area contributed by atoms with Crippen LogP contribution in [0.3, 0.4) is 0 Å². The summed E-state index contributed by atoms with van der Waals surface area (Å²) in [6, 6.07) is 9.09. The Bertz CT molecular complexity index is 522. The van der Waals surface area contributed by atoms with Crippen molar-refractivity contribution in [2.24, 2.45) is 11.8 Å². The quantitative estimate of drug-likeness (QED) is 0.208.